The van der Waals surface area contributed by atoms with Crippen LogP contribution in [0.3, 0.4) is 0 Å². The van der Waals surface area contributed by atoms with Crippen LogP contribution in [0.15, 0.2) is 60.8 Å². The molecule has 70 heavy (non-hydrogen) atoms. The molecule has 1 amide bonds. The molecule has 5 heterocycles. The van der Waals surface area contributed by atoms with Crippen LogP contribution in [0.1, 0.15) is 123 Å². The number of aliphatic hydroxyl groups excluding tert-OH is 2. The fraction of sp³-hybridized carbons (Fsp3) is 0.429. The van der Waals surface area contributed by atoms with Crippen molar-refractivity contribution in [2.75, 3.05) is 26.9 Å². The Morgan fingerprint density at radius 3 is 2.69 bits per heavy atom. The van der Waals surface area contributed by atoms with E-state index in [0.717, 1.165) is 65.3 Å². The topological polar surface area (TPSA) is 192 Å². The van der Waals surface area contributed by atoms with Gasteiger partial charge in [0.2, 0.25) is 6.29 Å². The number of aromatic nitrogens is 1. The number of benzene rings is 4. The summed E-state index contributed by atoms with van der Waals surface area (Å²) >= 11 is 0. The van der Waals surface area contributed by atoms with E-state index in [1.165, 1.54) is 31.3 Å². The van der Waals surface area contributed by atoms with Gasteiger partial charge in [0.1, 0.15) is 41.7 Å². The van der Waals surface area contributed by atoms with Crippen LogP contribution in [0.2, 0.25) is 0 Å². The van der Waals surface area contributed by atoms with E-state index in [0.29, 0.717) is 46.0 Å². The lowest BCUT2D eigenvalue weighted by molar-refractivity contribution is -0.328. The SMILES string of the molecule is COc1cc2c3c(c4c(O)c2c2c1C=CC(c1c[nH]c5ccc(CNC6CCCCC6)cc15)OCC1OC(O2)C(O)(CO)C(OC#CCc2cccc5c2CN(CC4=O)C5=O)C1O)C1CCCC1C=C3. The number of phenolic OH excluding ortho intramolecular Hbond substituents is 1. The van der Waals surface area contributed by atoms with E-state index < -0.39 is 48.7 Å². The zero-order valence-electron chi connectivity index (χ0n) is 39.0. The van der Waals surface area contributed by atoms with E-state index in [1.54, 1.807) is 18.2 Å². The molecule has 14 nitrogen and oxygen atoms in total. The van der Waals surface area contributed by atoms with Gasteiger partial charge >= 0.3 is 0 Å². The summed E-state index contributed by atoms with van der Waals surface area (Å²) in [5.41, 5.74) is 4.11. The third-order valence-electron chi connectivity index (χ3n) is 16.1. The average molecular weight is 948 g/mol. The minimum absolute atomic E-state index is 0.0233. The van der Waals surface area contributed by atoms with Crippen LogP contribution in [-0.4, -0.2) is 105 Å². The number of aromatic amines is 1. The van der Waals surface area contributed by atoms with Crippen LogP contribution in [0.25, 0.3) is 33.8 Å². The quantitative estimate of drug-likeness (QED) is 0.0950. The number of allylic oxidation sites excluding steroid dienone is 1. The summed E-state index contributed by atoms with van der Waals surface area (Å²) in [5.74, 6) is 2.28. The lowest BCUT2D eigenvalue weighted by atomic mass is 9.75. The van der Waals surface area contributed by atoms with Crippen molar-refractivity contribution in [3.63, 3.8) is 0 Å². The Bertz CT molecular complexity index is 3070. The molecule has 1 saturated heterocycles. The van der Waals surface area contributed by atoms with Gasteiger partial charge in [-0.1, -0.05) is 68.0 Å². The van der Waals surface area contributed by atoms with Gasteiger partial charge in [0.15, 0.2) is 17.5 Å². The Morgan fingerprint density at radius 1 is 0.986 bits per heavy atom. The maximum absolute atomic E-state index is 15.2. The first kappa shape index (κ1) is 45.0. The molecular formula is C56H57N3O11. The minimum Gasteiger partial charge on any atom is -0.506 e. The molecule has 8 bridgehead atoms. The number of methoxy groups -OCH3 is 1. The van der Waals surface area contributed by atoms with Crippen molar-refractivity contribution in [1.82, 2.24) is 15.2 Å². The largest absolute Gasteiger partial charge is 0.506 e. The smallest absolute Gasteiger partial charge is 0.254 e. The number of nitrogens with zero attached hydrogens (tertiary/aromatic N) is 1. The van der Waals surface area contributed by atoms with E-state index in [1.807, 2.05) is 30.5 Å². The summed E-state index contributed by atoms with van der Waals surface area (Å²) in [7, 11) is 1.53. The molecule has 1 aromatic heterocycles. The van der Waals surface area contributed by atoms with Gasteiger partial charge in [0.25, 0.3) is 5.91 Å². The molecule has 0 radical (unpaired) electrons. The van der Waals surface area contributed by atoms with Gasteiger partial charge in [0.05, 0.1) is 43.4 Å². The summed E-state index contributed by atoms with van der Waals surface area (Å²) in [6.07, 6.45) is 14.2. The lowest BCUT2D eigenvalue weighted by Gasteiger charge is -2.47. The average Bonchev–Trinajstić information content (AvgIpc) is 4.11. The number of ketones is 1. The van der Waals surface area contributed by atoms with E-state index in [4.69, 9.17) is 23.7 Å². The summed E-state index contributed by atoms with van der Waals surface area (Å²) in [4.78, 5) is 34.2. The highest BCUT2D eigenvalue weighted by atomic mass is 16.7. The standard InChI is InChI=1S/C56H57N3O11/c1-66-45-23-39-35-17-16-32-9-5-13-34(32)47(35)49-43(61)27-59-26-41-31(8-6-14-36(41)54(59)64)10-7-21-67-53-50(62)46-28-68-44(20-18-37(45)52(48(39)51(49)63)70-55(69-46)56(53,65)29-60)40-25-58-42-19-15-30(22-38(40)42)24-57-33-11-3-2-4-12-33/h6,8,14-20,22-23,25,32-34,44,46,50,53,55,57-58,60,62-63,65H,2-5,9-13,24,26-29H2,1H3. The van der Waals surface area contributed by atoms with Crippen molar-refractivity contribution in [1.29, 1.82) is 0 Å². The number of amides is 1. The molecule has 4 aliphatic heterocycles. The molecule has 7 aliphatic rings. The van der Waals surface area contributed by atoms with Gasteiger partial charge in [0, 0.05) is 59.2 Å². The number of rotatable bonds is 6. The highest BCUT2D eigenvalue weighted by Gasteiger charge is 2.59. The number of aliphatic hydroxyl groups is 3. The molecule has 6 N–H and O–H groups in total. The number of ether oxygens (including phenoxy) is 5. The monoisotopic (exact) mass is 947 g/mol. The molecule has 2 saturated carbocycles. The molecule has 12 rings (SSSR count). The van der Waals surface area contributed by atoms with Gasteiger partial charge in [-0.3, -0.25) is 9.59 Å². The molecule has 3 aliphatic carbocycles. The molecule has 8 atom stereocenters. The third kappa shape index (κ3) is 7.40. The molecule has 5 aromatic rings. The van der Waals surface area contributed by atoms with Crippen molar-refractivity contribution in [2.45, 2.75) is 119 Å². The van der Waals surface area contributed by atoms with Crippen molar-refractivity contribution >= 4 is 45.5 Å². The van der Waals surface area contributed by atoms with Gasteiger partial charge in [-0.15, -0.1) is 0 Å². The van der Waals surface area contributed by atoms with E-state index >= 15 is 4.79 Å². The number of carbonyl (C=O) groups is 2. The maximum Gasteiger partial charge on any atom is 0.254 e. The second-order valence-corrected chi connectivity index (χ2v) is 20.1. The van der Waals surface area contributed by atoms with Gasteiger partial charge in [-0.25, -0.2) is 0 Å². The van der Waals surface area contributed by atoms with Crippen molar-refractivity contribution in [3.05, 3.63) is 111 Å². The molecule has 3 fully saturated rings. The highest BCUT2D eigenvalue weighted by molar-refractivity contribution is 6.14. The zero-order chi connectivity index (χ0) is 47.8. The summed E-state index contributed by atoms with van der Waals surface area (Å²) in [6, 6.07) is 14.0. The Kier molecular flexibility index (Phi) is 11.5. The predicted molar refractivity (Wildman–Crippen MR) is 260 cm³/mol. The fourth-order valence-corrected chi connectivity index (χ4v) is 12.4. The second-order valence-electron chi connectivity index (χ2n) is 20.1. The molecule has 4 aromatic carbocycles. The number of H-pyrrole nitrogens is 1. The number of carbonyl (C=O) groups excluding carboxylic acids is 2. The molecule has 14 heteroatoms. The maximum atomic E-state index is 15.2. The van der Waals surface area contributed by atoms with Crippen LogP contribution in [0, 0.1) is 17.9 Å². The highest BCUT2D eigenvalue weighted by Crippen LogP contribution is 2.55. The van der Waals surface area contributed by atoms with E-state index in [2.05, 4.69) is 46.6 Å². The van der Waals surface area contributed by atoms with Gasteiger partial charge < -0.3 is 59.3 Å². The van der Waals surface area contributed by atoms with E-state index in [9.17, 15) is 25.2 Å². The van der Waals surface area contributed by atoms with Crippen LogP contribution in [0.5, 0.6) is 17.2 Å². The summed E-state index contributed by atoms with van der Waals surface area (Å²) in [6.45, 7) is -0.658. The Balaban J connectivity index is 1.07. The van der Waals surface area contributed by atoms with Crippen LogP contribution in [-0.2, 0) is 33.7 Å². The lowest BCUT2D eigenvalue weighted by Crippen LogP contribution is -2.70. The Hall–Kier alpha value is -6.18. The normalized spacial score (nSPS) is 28.3. The Morgan fingerprint density at radius 2 is 1.84 bits per heavy atom. The van der Waals surface area contributed by atoms with Crippen molar-refractivity contribution in [3.8, 4) is 29.3 Å². The van der Waals surface area contributed by atoms with Crippen LogP contribution < -0.4 is 14.8 Å². The number of nitrogens with one attached hydrogen (secondary N) is 2. The van der Waals surface area contributed by atoms with Crippen LogP contribution in [0.4, 0.5) is 0 Å². The molecule has 362 valence electrons. The summed E-state index contributed by atoms with van der Waals surface area (Å²) < 4.78 is 32.4. The Labute approximate surface area is 405 Å². The van der Waals surface area contributed by atoms with Crippen LogP contribution >= 0.6 is 0 Å². The fourth-order valence-electron chi connectivity index (χ4n) is 12.4. The molecular weight excluding hydrogens is 891 g/mol. The van der Waals surface area contributed by atoms with Crippen molar-refractivity contribution in [2.24, 2.45) is 5.92 Å². The molecule has 0 spiro atoms. The number of fused-ring (bicyclic) bond motifs is 10. The number of Topliss-reactive ketones (excluding diaryl/α,β-unsaturated/α-hetero) is 1. The minimum atomic E-state index is -2.46. The third-order valence-corrected chi connectivity index (χ3v) is 16.1. The first-order chi connectivity index (χ1) is 34.1. The number of hydrogen-bond acceptors (Lipinski definition) is 12. The van der Waals surface area contributed by atoms with Crippen molar-refractivity contribution < 1.29 is 53.7 Å². The van der Waals surface area contributed by atoms with E-state index in [-0.39, 0.29) is 66.3 Å². The zero-order valence-corrected chi connectivity index (χ0v) is 39.0. The number of hydrogen-bond donors (Lipinski definition) is 6. The molecule has 8 unspecified atom stereocenters. The van der Waals surface area contributed by atoms with Gasteiger partial charge in [-0.2, -0.15) is 0 Å². The number of aromatic hydroxyl groups is 1. The first-order valence-electron chi connectivity index (χ1n) is 24.8. The summed E-state index contributed by atoms with van der Waals surface area (Å²) in [5, 5.41) is 54.3. The second kappa shape index (κ2) is 17.9. The predicted octanol–water partition coefficient (Wildman–Crippen LogP) is 7.08. The number of phenols is 1. The van der Waals surface area contributed by atoms with Gasteiger partial charge in [-0.05, 0) is 95.7 Å². The first-order valence-corrected chi connectivity index (χ1v) is 24.8.